The van der Waals surface area contributed by atoms with Crippen LogP contribution in [0.2, 0.25) is 0 Å². The highest BCUT2D eigenvalue weighted by molar-refractivity contribution is 5.79. The number of nitrogens with one attached hydrogen (secondary N) is 2. The third kappa shape index (κ3) is 3.30. The first-order valence-electron chi connectivity index (χ1n) is 6.68. The van der Waals surface area contributed by atoms with Gasteiger partial charge in [0.25, 0.3) is 0 Å². The molecule has 0 aromatic carbocycles. The first kappa shape index (κ1) is 15.2. The van der Waals surface area contributed by atoms with Gasteiger partial charge in [0, 0.05) is 18.9 Å². The van der Waals surface area contributed by atoms with E-state index in [1.807, 2.05) is 13.0 Å². The van der Waals surface area contributed by atoms with Crippen LogP contribution in [0, 0.1) is 12.3 Å². The lowest BCUT2D eigenvalue weighted by atomic mass is 9.85. The zero-order chi connectivity index (χ0) is 15.5. The van der Waals surface area contributed by atoms with Crippen molar-refractivity contribution in [2.75, 3.05) is 13.2 Å². The minimum absolute atomic E-state index is 0.0940. The molecule has 1 aromatic heterocycles. The second-order valence-corrected chi connectivity index (χ2v) is 5.42. The number of hydrogen-bond donors (Lipinski definition) is 3. The number of carboxylic acids is 1. The predicted octanol–water partition coefficient (Wildman–Crippen LogP) is 0.679. The summed E-state index contributed by atoms with van der Waals surface area (Å²) in [6, 6.07) is 0.873. The normalized spacial score (nSPS) is 24.6. The van der Waals surface area contributed by atoms with Crippen molar-refractivity contribution in [3.63, 3.8) is 0 Å². The third-order valence-corrected chi connectivity index (χ3v) is 3.83. The first-order valence-corrected chi connectivity index (χ1v) is 6.68. The maximum Gasteiger partial charge on any atom is 0.315 e. The summed E-state index contributed by atoms with van der Waals surface area (Å²) in [5.41, 5.74) is 0.852. The summed E-state index contributed by atoms with van der Waals surface area (Å²) in [5.74, 6) is -0.977. The van der Waals surface area contributed by atoms with E-state index in [0.717, 1.165) is 11.1 Å². The number of amides is 2. The highest BCUT2D eigenvalue weighted by atomic mass is 16.5. The molecule has 0 radical (unpaired) electrons. The average molecular weight is 293 g/mol. The van der Waals surface area contributed by atoms with E-state index in [-0.39, 0.29) is 13.2 Å². The van der Waals surface area contributed by atoms with Crippen molar-refractivity contribution in [2.24, 2.45) is 5.41 Å². The number of aromatic nitrogens is 1. The smallest absolute Gasteiger partial charge is 0.315 e. The van der Waals surface area contributed by atoms with Crippen molar-refractivity contribution in [3.05, 3.63) is 29.6 Å². The largest absolute Gasteiger partial charge is 0.481 e. The van der Waals surface area contributed by atoms with E-state index >= 15 is 0 Å². The summed E-state index contributed by atoms with van der Waals surface area (Å²) in [5, 5.41) is 14.6. The maximum absolute atomic E-state index is 11.9. The van der Waals surface area contributed by atoms with Crippen LogP contribution < -0.4 is 10.6 Å². The highest BCUT2D eigenvalue weighted by Crippen LogP contribution is 2.28. The Morgan fingerprint density at radius 1 is 1.57 bits per heavy atom. The number of carboxylic acid groups (broad SMARTS) is 1. The van der Waals surface area contributed by atoms with Crippen LogP contribution in [0.15, 0.2) is 18.5 Å². The first-order chi connectivity index (χ1) is 9.93. The van der Waals surface area contributed by atoms with Crippen LogP contribution in [0.4, 0.5) is 4.79 Å². The third-order valence-electron chi connectivity index (χ3n) is 3.83. The fourth-order valence-electron chi connectivity index (χ4n) is 2.17. The van der Waals surface area contributed by atoms with Crippen LogP contribution >= 0.6 is 0 Å². The standard InChI is InChI=1S/C14H19N3O4/c1-9-5-15-4-3-10(9)6-16-13(20)17-11-7-21-8-14(11,2)12(18)19/h3-5,11H,6-8H2,1-2H3,(H,18,19)(H2,16,17,20). The molecule has 2 heterocycles. The van der Waals surface area contributed by atoms with Crippen LogP contribution in [-0.2, 0) is 16.1 Å². The molecule has 1 aliphatic rings. The molecule has 1 fully saturated rings. The monoisotopic (exact) mass is 293 g/mol. The minimum Gasteiger partial charge on any atom is -0.481 e. The Kier molecular flexibility index (Phi) is 4.42. The van der Waals surface area contributed by atoms with E-state index in [1.54, 1.807) is 19.3 Å². The molecule has 2 atom stereocenters. The Hall–Kier alpha value is -2.15. The molecule has 7 nitrogen and oxygen atoms in total. The fourth-order valence-corrected chi connectivity index (χ4v) is 2.17. The van der Waals surface area contributed by atoms with Crippen molar-refractivity contribution in [1.29, 1.82) is 0 Å². The number of ether oxygens (including phenoxy) is 1. The van der Waals surface area contributed by atoms with E-state index < -0.39 is 23.5 Å². The Bertz CT molecular complexity index is 549. The topological polar surface area (TPSA) is 101 Å². The molecule has 2 amide bonds. The summed E-state index contributed by atoms with van der Waals surface area (Å²) < 4.78 is 5.19. The Balaban J connectivity index is 1.90. The second kappa shape index (κ2) is 6.09. The van der Waals surface area contributed by atoms with Crippen molar-refractivity contribution in [1.82, 2.24) is 15.6 Å². The van der Waals surface area contributed by atoms with Gasteiger partial charge < -0.3 is 20.5 Å². The molecule has 2 rings (SSSR count). The van der Waals surface area contributed by atoms with Crippen molar-refractivity contribution in [2.45, 2.75) is 26.4 Å². The summed E-state index contributed by atoms with van der Waals surface area (Å²) in [6.45, 7) is 4.13. The maximum atomic E-state index is 11.9. The quantitative estimate of drug-likeness (QED) is 0.758. The van der Waals surface area contributed by atoms with Gasteiger partial charge in [0.15, 0.2) is 0 Å². The summed E-state index contributed by atoms with van der Waals surface area (Å²) >= 11 is 0. The molecule has 1 saturated heterocycles. The molecule has 7 heteroatoms. The molecule has 3 N–H and O–H groups in total. The molecule has 0 saturated carbocycles. The molecule has 0 bridgehead atoms. The van der Waals surface area contributed by atoms with Crippen LogP contribution in [0.5, 0.6) is 0 Å². The van der Waals surface area contributed by atoms with Gasteiger partial charge in [-0.25, -0.2) is 4.79 Å². The van der Waals surface area contributed by atoms with Crippen LogP contribution in [0.3, 0.4) is 0 Å². The van der Waals surface area contributed by atoms with E-state index in [4.69, 9.17) is 4.74 Å². The molecular weight excluding hydrogens is 274 g/mol. The average Bonchev–Trinajstić information content (AvgIpc) is 2.81. The SMILES string of the molecule is Cc1cnccc1CNC(=O)NC1COCC1(C)C(=O)O. The van der Waals surface area contributed by atoms with Gasteiger partial charge in [-0.05, 0) is 31.0 Å². The van der Waals surface area contributed by atoms with Gasteiger partial charge in [0.1, 0.15) is 5.41 Å². The predicted molar refractivity (Wildman–Crippen MR) is 74.7 cm³/mol. The number of rotatable bonds is 4. The van der Waals surface area contributed by atoms with E-state index in [1.165, 1.54) is 0 Å². The molecule has 21 heavy (non-hydrogen) atoms. The number of aliphatic carboxylic acids is 1. The van der Waals surface area contributed by atoms with Crippen LogP contribution in [0.1, 0.15) is 18.1 Å². The van der Waals surface area contributed by atoms with E-state index in [9.17, 15) is 14.7 Å². The van der Waals surface area contributed by atoms with E-state index in [2.05, 4.69) is 15.6 Å². The number of aryl methyl sites for hydroxylation is 1. The molecule has 0 spiro atoms. The molecule has 2 unspecified atom stereocenters. The van der Waals surface area contributed by atoms with E-state index in [0.29, 0.717) is 6.54 Å². The number of urea groups is 1. The number of carbonyl (C=O) groups is 2. The lowest BCUT2D eigenvalue weighted by molar-refractivity contribution is -0.148. The molecule has 1 aromatic rings. The Morgan fingerprint density at radius 2 is 2.33 bits per heavy atom. The van der Waals surface area contributed by atoms with Gasteiger partial charge in [-0.1, -0.05) is 0 Å². The number of hydrogen-bond acceptors (Lipinski definition) is 4. The molecule has 0 aliphatic carbocycles. The lowest BCUT2D eigenvalue weighted by Gasteiger charge is -2.25. The molecule has 1 aliphatic heterocycles. The summed E-state index contributed by atoms with van der Waals surface area (Å²) in [7, 11) is 0. The number of pyridine rings is 1. The highest BCUT2D eigenvalue weighted by Gasteiger charge is 2.47. The second-order valence-electron chi connectivity index (χ2n) is 5.42. The fraction of sp³-hybridized carbons (Fsp3) is 0.500. The van der Waals surface area contributed by atoms with Crippen molar-refractivity contribution < 1.29 is 19.4 Å². The van der Waals surface area contributed by atoms with Crippen LogP contribution in [0.25, 0.3) is 0 Å². The van der Waals surface area contributed by atoms with Gasteiger partial charge in [0.2, 0.25) is 0 Å². The van der Waals surface area contributed by atoms with Gasteiger partial charge in [-0.2, -0.15) is 0 Å². The van der Waals surface area contributed by atoms with Gasteiger partial charge in [-0.3, -0.25) is 9.78 Å². The zero-order valence-electron chi connectivity index (χ0n) is 12.0. The number of carbonyl (C=O) groups excluding carboxylic acids is 1. The van der Waals surface area contributed by atoms with Gasteiger partial charge in [-0.15, -0.1) is 0 Å². The number of nitrogens with zero attached hydrogens (tertiary/aromatic N) is 1. The lowest BCUT2D eigenvalue weighted by Crippen LogP contribution is -2.52. The summed E-state index contributed by atoms with van der Waals surface area (Å²) in [4.78, 5) is 27.2. The van der Waals surface area contributed by atoms with Crippen LogP contribution in [-0.4, -0.2) is 41.3 Å². The van der Waals surface area contributed by atoms with Crippen molar-refractivity contribution >= 4 is 12.0 Å². The molecule has 114 valence electrons. The zero-order valence-corrected chi connectivity index (χ0v) is 12.0. The minimum atomic E-state index is -1.09. The Morgan fingerprint density at radius 3 is 3.00 bits per heavy atom. The van der Waals surface area contributed by atoms with Gasteiger partial charge in [0.05, 0.1) is 19.3 Å². The summed E-state index contributed by atoms with van der Waals surface area (Å²) in [6.07, 6.45) is 3.38. The van der Waals surface area contributed by atoms with Gasteiger partial charge >= 0.3 is 12.0 Å². The van der Waals surface area contributed by atoms with Crippen molar-refractivity contribution in [3.8, 4) is 0 Å². The Labute approximate surface area is 122 Å². The molecular formula is C14H19N3O4.